The Bertz CT molecular complexity index is 1590. The number of nitrogens with zero attached hydrogens (tertiary/aromatic N) is 4. The first-order chi connectivity index (χ1) is 19.3. The zero-order chi connectivity index (χ0) is 28.1. The average Bonchev–Trinajstić information content (AvgIpc) is 3.34. The van der Waals surface area contributed by atoms with Gasteiger partial charge in [0.1, 0.15) is 0 Å². The second-order valence-corrected chi connectivity index (χ2v) is 12.7. The van der Waals surface area contributed by atoms with Crippen molar-refractivity contribution in [2.75, 3.05) is 37.4 Å². The molecule has 0 bridgehead atoms. The second-order valence-electron chi connectivity index (χ2n) is 8.92. The van der Waals surface area contributed by atoms with E-state index in [1.54, 1.807) is 42.5 Å². The minimum atomic E-state index is -3.70. The first-order valence-corrected chi connectivity index (χ1v) is 15.5. The largest absolute Gasteiger partial charge is 0.379 e. The molecule has 0 saturated carbocycles. The van der Waals surface area contributed by atoms with Gasteiger partial charge in [-0.25, -0.2) is 8.42 Å². The number of anilines is 1. The Kier molecular flexibility index (Phi) is 9.09. The van der Waals surface area contributed by atoms with Crippen LogP contribution >= 0.6 is 35.0 Å². The maximum absolute atomic E-state index is 13.3. The molecule has 5 rings (SSSR count). The van der Waals surface area contributed by atoms with E-state index in [4.69, 9.17) is 27.9 Å². The van der Waals surface area contributed by atoms with Crippen LogP contribution in [0.4, 0.5) is 5.69 Å². The highest BCUT2D eigenvalue weighted by Crippen LogP contribution is 2.29. The molecule has 0 radical (unpaired) electrons. The minimum Gasteiger partial charge on any atom is -0.379 e. The number of thioether (sulfide) groups is 1. The molecule has 1 N–H and O–H groups in total. The molecule has 0 spiro atoms. The first kappa shape index (κ1) is 28.6. The summed E-state index contributed by atoms with van der Waals surface area (Å²) in [6.07, 6.45) is 0. The lowest BCUT2D eigenvalue weighted by molar-refractivity contribution is -0.113. The summed E-state index contributed by atoms with van der Waals surface area (Å²) < 4.78 is 35.2. The van der Waals surface area contributed by atoms with Gasteiger partial charge in [-0.1, -0.05) is 77.4 Å². The van der Waals surface area contributed by atoms with E-state index >= 15 is 0 Å². The Morgan fingerprint density at radius 2 is 1.68 bits per heavy atom. The van der Waals surface area contributed by atoms with Gasteiger partial charge in [0.05, 0.1) is 30.4 Å². The zero-order valence-electron chi connectivity index (χ0n) is 21.2. The van der Waals surface area contributed by atoms with E-state index in [-0.39, 0.29) is 16.6 Å². The highest BCUT2D eigenvalue weighted by Gasteiger charge is 2.27. The SMILES string of the molecule is O=C(CSc1nnc(-c2cccc(S(=O)(=O)N3CCOCC3)c2)n1Cc1ccccc1)Nc1cc(Cl)cc(Cl)c1. The third-order valence-corrected chi connectivity index (χ3v) is 9.38. The van der Waals surface area contributed by atoms with Gasteiger partial charge in [0.2, 0.25) is 15.9 Å². The molecule has 1 aliphatic rings. The minimum absolute atomic E-state index is 0.0580. The maximum Gasteiger partial charge on any atom is 0.243 e. The highest BCUT2D eigenvalue weighted by atomic mass is 35.5. The molecule has 0 atom stereocenters. The summed E-state index contributed by atoms with van der Waals surface area (Å²) in [6.45, 7) is 1.77. The molecule has 0 unspecified atom stereocenters. The van der Waals surface area contributed by atoms with E-state index in [0.717, 1.165) is 5.56 Å². The molecule has 3 aromatic carbocycles. The number of rotatable bonds is 9. The first-order valence-electron chi connectivity index (χ1n) is 12.3. The number of halogens is 2. The molecule has 40 heavy (non-hydrogen) atoms. The summed E-state index contributed by atoms with van der Waals surface area (Å²) in [7, 11) is -3.70. The lowest BCUT2D eigenvalue weighted by Crippen LogP contribution is -2.40. The number of nitrogens with one attached hydrogen (secondary N) is 1. The van der Waals surface area contributed by atoms with Crippen molar-refractivity contribution in [1.82, 2.24) is 19.1 Å². The van der Waals surface area contributed by atoms with Crippen LogP contribution in [0.15, 0.2) is 82.8 Å². The Morgan fingerprint density at radius 3 is 2.40 bits per heavy atom. The van der Waals surface area contributed by atoms with Crippen LogP contribution in [0.3, 0.4) is 0 Å². The summed E-state index contributed by atoms with van der Waals surface area (Å²) in [6, 6.07) is 21.3. The molecule has 4 aromatic rings. The van der Waals surface area contributed by atoms with Gasteiger partial charge in [-0.3, -0.25) is 9.36 Å². The molecule has 1 fully saturated rings. The lowest BCUT2D eigenvalue weighted by atomic mass is 10.2. The molecule has 1 aliphatic heterocycles. The number of hydrogen-bond donors (Lipinski definition) is 1. The summed E-state index contributed by atoms with van der Waals surface area (Å²) in [4.78, 5) is 12.9. The molecule has 9 nitrogen and oxygen atoms in total. The van der Waals surface area contributed by atoms with Gasteiger partial charge in [0.15, 0.2) is 11.0 Å². The number of aromatic nitrogens is 3. The highest BCUT2D eigenvalue weighted by molar-refractivity contribution is 7.99. The van der Waals surface area contributed by atoms with Crippen molar-refractivity contribution in [1.29, 1.82) is 0 Å². The topological polar surface area (TPSA) is 106 Å². The molecule has 208 valence electrons. The van der Waals surface area contributed by atoms with Gasteiger partial charge < -0.3 is 10.1 Å². The molecule has 2 heterocycles. The van der Waals surface area contributed by atoms with E-state index in [9.17, 15) is 13.2 Å². The number of carbonyl (C=O) groups is 1. The standard InChI is InChI=1S/C27H25Cl2N5O4S2/c28-21-14-22(29)16-23(15-21)30-25(35)18-39-27-32-31-26(34(27)17-19-5-2-1-3-6-19)20-7-4-8-24(13-20)40(36,37)33-9-11-38-12-10-33/h1-8,13-16H,9-12,17-18H2,(H,30,35). The van der Waals surface area contributed by atoms with Crippen LogP contribution in [0.2, 0.25) is 10.0 Å². The van der Waals surface area contributed by atoms with Gasteiger partial charge in [-0.05, 0) is 35.9 Å². The number of morpholine rings is 1. The van der Waals surface area contributed by atoms with Crippen LogP contribution in [-0.4, -0.2) is 65.5 Å². The third kappa shape index (κ3) is 6.85. The predicted octanol–water partition coefficient (Wildman–Crippen LogP) is 5.05. The van der Waals surface area contributed by atoms with E-state index in [2.05, 4.69) is 15.5 Å². The normalized spacial score (nSPS) is 14.2. The van der Waals surface area contributed by atoms with E-state index < -0.39 is 10.0 Å². The summed E-state index contributed by atoms with van der Waals surface area (Å²) in [5.74, 6) is 0.285. The van der Waals surface area contributed by atoms with Gasteiger partial charge >= 0.3 is 0 Å². The fourth-order valence-corrected chi connectivity index (χ4v) is 6.92. The molecule has 0 aliphatic carbocycles. The molecule has 13 heteroatoms. The van der Waals surface area contributed by atoms with Crippen LogP contribution in [0.1, 0.15) is 5.56 Å². The smallest absolute Gasteiger partial charge is 0.243 e. The third-order valence-electron chi connectivity index (χ3n) is 6.08. The molecule has 1 aromatic heterocycles. The number of benzene rings is 3. The number of sulfonamides is 1. The van der Waals surface area contributed by atoms with Gasteiger partial charge in [-0.15, -0.1) is 10.2 Å². The number of amides is 1. The van der Waals surface area contributed by atoms with Gasteiger partial charge in [-0.2, -0.15) is 4.31 Å². The predicted molar refractivity (Wildman–Crippen MR) is 156 cm³/mol. The van der Waals surface area contributed by atoms with Crippen LogP contribution in [-0.2, 0) is 26.1 Å². The van der Waals surface area contributed by atoms with E-state index in [1.165, 1.54) is 16.1 Å². The quantitative estimate of drug-likeness (QED) is 0.262. The molecule has 1 amide bonds. The molecule has 1 saturated heterocycles. The lowest BCUT2D eigenvalue weighted by Gasteiger charge is -2.26. The number of carbonyl (C=O) groups excluding carboxylic acids is 1. The van der Waals surface area contributed by atoms with Crippen LogP contribution < -0.4 is 5.32 Å². The molecular weight excluding hydrogens is 593 g/mol. The monoisotopic (exact) mass is 617 g/mol. The Labute approximate surface area is 246 Å². The van der Waals surface area contributed by atoms with Crippen molar-refractivity contribution in [3.05, 3.63) is 88.4 Å². The Morgan fingerprint density at radius 1 is 0.950 bits per heavy atom. The van der Waals surface area contributed by atoms with Gasteiger partial charge in [0, 0.05) is 34.4 Å². The average molecular weight is 619 g/mol. The summed E-state index contributed by atoms with van der Waals surface area (Å²) in [5.41, 5.74) is 2.09. The van der Waals surface area contributed by atoms with Crippen molar-refractivity contribution in [3.63, 3.8) is 0 Å². The number of ether oxygens (including phenoxy) is 1. The van der Waals surface area contributed by atoms with E-state index in [1.807, 2.05) is 34.9 Å². The fourth-order valence-electron chi connectivity index (χ4n) is 4.20. The van der Waals surface area contributed by atoms with Crippen molar-refractivity contribution in [3.8, 4) is 11.4 Å². The van der Waals surface area contributed by atoms with Crippen molar-refractivity contribution in [2.24, 2.45) is 0 Å². The maximum atomic E-state index is 13.3. The van der Waals surface area contributed by atoms with Crippen molar-refractivity contribution >= 4 is 56.6 Å². The van der Waals surface area contributed by atoms with E-state index in [0.29, 0.717) is 65.1 Å². The molecular formula is C27H25Cl2N5O4S2. The van der Waals surface area contributed by atoms with Crippen LogP contribution in [0.25, 0.3) is 11.4 Å². The Balaban J connectivity index is 1.41. The van der Waals surface area contributed by atoms with Crippen LogP contribution in [0, 0.1) is 0 Å². The van der Waals surface area contributed by atoms with Crippen molar-refractivity contribution < 1.29 is 17.9 Å². The van der Waals surface area contributed by atoms with Gasteiger partial charge in [0.25, 0.3) is 0 Å². The van der Waals surface area contributed by atoms with Crippen LogP contribution in [0.5, 0.6) is 0 Å². The second kappa shape index (κ2) is 12.7. The summed E-state index contributed by atoms with van der Waals surface area (Å²) in [5, 5.41) is 12.9. The van der Waals surface area contributed by atoms with Crippen molar-refractivity contribution in [2.45, 2.75) is 16.6 Å². The zero-order valence-corrected chi connectivity index (χ0v) is 24.3. The Hall–Kier alpha value is -2.93. The number of hydrogen-bond acceptors (Lipinski definition) is 7. The fraction of sp³-hybridized carbons (Fsp3) is 0.222. The summed E-state index contributed by atoms with van der Waals surface area (Å²) >= 11 is 13.3.